The summed E-state index contributed by atoms with van der Waals surface area (Å²) in [7, 11) is 0. The van der Waals surface area contributed by atoms with Gasteiger partial charge in [0, 0.05) is 18.3 Å². The van der Waals surface area contributed by atoms with Crippen molar-refractivity contribution in [1.29, 1.82) is 0 Å². The van der Waals surface area contributed by atoms with Crippen molar-refractivity contribution in [3.05, 3.63) is 42.1 Å². The molecule has 0 saturated heterocycles. The molecule has 2 heterocycles. The monoisotopic (exact) mass is 467 g/mol. The minimum atomic E-state index is -5.08. The predicted octanol–water partition coefficient (Wildman–Crippen LogP) is 2.93. The summed E-state index contributed by atoms with van der Waals surface area (Å²) in [6, 6.07) is 10.1. The largest absolute Gasteiger partial charge is 0.490 e. The van der Waals surface area contributed by atoms with Crippen LogP contribution in [0, 0.1) is 0 Å². The van der Waals surface area contributed by atoms with Gasteiger partial charge in [-0.1, -0.05) is 24.3 Å². The summed E-state index contributed by atoms with van der Waals surface area (Å²) in [5.41, 5.74) is 15.3. The molecule has 2 aromatic heterocycles. The number of halogens is 6. The molecule has 174 valence electrons. The Balaban J connectivity index is 0.000000305. The van der Waals surface area contributed by atoms with Crippen LogP contribution < -0.4 is 11.5 Å². The predicted molar refractivity (Wildman–Crippen MR) is 99.0 cm³/mol. The van der Waals surface area contributed by atoms with E-state index in [1.165, 1.54) is 0 Å². The van der Waals surface area contributed by atoms with Crippen LogP contribution in [0.25, 0.3) is 22.2 Å². The Morgan fingerprint density at radius 1 is 0.938 bits per heavy atom. The number of nitrogens with two attached hydrogens (primary N) is 2. The van der Waals surface area contributed by atoms with Gasteiger partial charge in [-0.2, -0.15) is 31.4 Å². The highest BCUT2D eigenvalue weighted by molar-refractivity contribution is 5.89. The van der Waals surface area contributed by atoms with Gasteiger partial charge in [-0.3, -0.25) is 5.10 Å². The summed E-state index contributed by atoms with van der Waals surface area (Å²) in [4.78, 5) is 22.1. The second-order valence-corrected chi connectivity index (χ2v) is 5.74. The molecule has 0 unspecified atom stereocenters. The van der Waals surface area contributed by atoms with Gasteiger partial charge in [0.2, 0.25) is 0 Å². The van der Waals surface area contributed by atoms with E-state index in [2.05, 4.69) is 15.2 Å². The van der Waals surface area contributed by atoms with E-state index in [0.29, 0.717) is 18.0 Å². The van der Waals surface area contributed by atoms with Crippen LogP contribution in [0.5, 0.6) is 0 Å². The number of aromatic nitrogens is 3. The average Bonchev–Trinajstić information content (AvgIpc) is 3.08. The van der Waals surface area contributed by atoms with Crippen molar-refractivity contribution in [2.75, 3.05) is 5.73 Å². The number of fused-ring (bicyclic) bond motifs is 1. The molecule has 15 heteroatoms. The van der Waals surface area contributed by atoms with Crippen molar-refractivity contribution < 1.29 is 46.1 Å². The number of pyridine rings is 1. The first-order chi connectivity index (χ1) is 14.7. The highest BCUT2D eigenvalue weighted by atomic mass is 19.4. The molecule has 32 heavy (non-hydrogen) atoms. The molecule has 0 aliphatic heterocycles. The number of H-pyrrole nitrogens is 1. The number of carbonyl (C=O) groups is 2. The van der Waals surface area contributed by atoms with Crippen LogP contribution in [0.4, 0.5) is 32.2 Å². The molecule has 1 aromatic carbocycles. The van der Waals surface area contributed by atoms with Gasteiger partial charge in [-0.25, -0.2) is 14.6 Å². The summed E-state index contributed by atoms with van der Waals surface area (Å²) in [6.07, 6.45) is -8.36. The van der Waals surface area contributed by atoms with Crippen LogP contribution in [0.15, 0.2) is 36.5 Å². The van der Waals surface area contributed by atoms with Gasteiger partial charge in [0.05, 0.1) is 5.39 Å². The highest BCUT2D eigenvalue weighted by Crippen LogP contribution is 2.24. The topological polar surface area (TPSA) is 168 Å². The van der Waals surface area contributed by atoms with E-state index < -0.39 is 24.3 Å². The number of nitrogens with zero attached hydrogens (tertiary/aromatic N) is 2. The fourth-order valence-electron chi connectivity index (χ4n) is 1.91. The van der Waals surface area contributed by atoms with Crippen LogP contribution in [0.2, 0.25) is 0 Å². The lowest BCUT2D eigenvalue weighted by Crippen LogP contribution is -2.21. The number of nitrogens with one attached hydrogen (secondary N) is 1. The standard InChI is InChI=1S/C13H13N5.2C2HF3O2/c14-6-8-1-3-9(4-2-8)10-5-11-12(15)17-18-13(11)16-7-10;2*3-2(4,5)1(6)7/h1-5,7H,6,14H2,(H3,15,16,17,18);2*(H,6,7). The maximum atomic E-state index is 10.6. The van der Waals surface area contributed by atoms with Crippen molar-refractivity contribution in [2.24, 2.45) is 5.73 Å². The number of carboxylic acids is 2. The van der Waals surface area contributed by atoms with Gasteiger partial charge in [-0.15, -0.1) is 0 Å². The van der Waals surface area contributed by atoms with Crippen LogP contribution in [-0.2, 0) is 16.1 Å². The molecule has 9 nitrogen and oxygen atoms in total. The van der Waals surface area contributed by atoms with E-state index in [1.807, 2.05) is 30.3 Å². The van der Waals surface area contributed by atoms with E-state index >= 15 is 0 Å². The molecule has 0 aliphatic carbocycles. The van der Waals surface area contributed by atoms with E-state index in [-0.39, 0.29) is 0 Å². The molecule has 0 amide bonds. The van der Waals surface area contributed by atoms with Crippen LogP contribution in [0.3, 0.4) is 0 Å². The Bertz CT molecular complexity index is 1040. The van der Waals surface area contributed by atoms with Crippen LogP contribution in [0.1, 0.15) is 5.56 Å². The lowest BCUT2D eigenvalue weighted by molar-refractivity contribution is -0.193. The Morgan fingerprint density at radius 2 is 1.41 bits per heavy atom. The average molecular weight is 467 g/mol. The molecule has 7 N–H and O–H groups in total. The lowest BCUT2D eigenvalue weighted by atomic mass is 10.0. The first-order valence-corrected chi connectivity index (χ1v) is 8.16. The molecule has 0 spiro atoms. The summed E-state index contributed by atoms with van der Waals surface area (Å²) < 4.78 is 63.5. The molecule has 0 aliphatic rings. The summed E-state index contributed by atoms with van der Waals surface area (Å²) in [5.74, 6) is -5.04. The van der Waals surface area contributed by atoms with Crippen molar-refractivity contribution in [1.82, 2.24) is 15.2 Å². The Kier molecular flexibility index (Phi) is 8.52. The molecule has 0 radical (unpaired) electrons. The molecule has 3 rings (SSSR count). The first kappa shape index (κ1) is 26.2. The number of aromatic amines is 1. The van der Waals surface area contributed by atoms with Crippen molar-refractivity contribution in [3.8, 4) is 11.1 Å². The van der Waals surface area contributed by atoms with Gasteiger partial charge in [0.25, 0.3) is 0 Å². The van der Waals surface area contributed by atoms with Gasteiger partial charge in [0.15, 0.2) is 11.5 Å². The van der Waals surface area contributed by atoms with E-state index in [0.717, 1.165) is 22.1 Å². The number of hydrogen-bond donors (Lipinski definition) is 5. The summed E-state index contributed by atoms with van der Waals surface area (Å²) >= 11 is 0. The number of rotatable bonds is 2. The number of alkyl halides is 6. The number of carboxylic acid groups (broad SMARTS) is 2. The number of anilines is 1. The van der Waals surface area contributed by atoms with Crippen molar-refractivity contribution >= 4 is 28.8 Å². The summed E-state index contributed by atoms with van der Waals surface area (Å²) in [6.45, 7) is 0.548. The molecule has 0 bridgehead atoms. The van der Waals surface area contributed by atoms with E-state index in [4.69, 9.17) is 31.3 Å². The third kappa shape index (κ3) is 7.75. The second kappa shape index (κ2) is 10.4. The zero-order valence-electron chi connectivity index (χ0n) is 15.7. The molecule has 0 saturated carbocycles. The Hall–Kier alpha value is -3.88. The summed E-state index contributed by atoms with van der Waals surface area (Å²) in [5, 5.41) is 21.8. The molecule has 0 fully saturated rings. The van der Waals surface area contributed by atoms with Gasteiger partial charge in [0.1, 0.15) is 0 Å². The second-order valence-electron chi connectivity index (χ2n) is 5.74. The van der Waals surface area contributed by atoms with E-state index in [1.54, 1.807) is 6.20 Å². The number of hydrogen-bond acceptors (Lipinski definition) is 6. The normalized spacial score (nSPS) is 11.1. The van der Waals surface area contributed by atoms with Gasteiger partial charge >= 0.3 is 24.3 Å². The fourth-order valence-corrected chi connectivity index (χ4v) is 1.91. The number of benzene rings is 1. The third-order valence-electron chi connectivity index (χ3n) is 3.45. The molecule has 3 aromatic rings. The minimum Gasteiger partial charge on any atom is -0.475 e. The Morgan fingerprint density at radius 3 is 1.81 bits per heavy atom. The van der Waals surface area contributed by atoms with E-state index in [9.17, 15) is 26.3 Å². The highest BCUT2D eigenvalue weighted by Gasteiger charge is 2.38. The van der Waals surface area contributed by atoms with Gasteiger partial charge in [-0.05, 0) is 17.2 Å². The number of aliphatic carboxylic acids is 2. The van der Waals surface area contributed by atoms with Crippen molar-refractivity contribution in [2.45, 2.75) is 18.9 Å². The van der Waals surface area contributed by atoms with Crippen molar-refractivity contribution in [3.63, 3.8) is 0 Å². The lowest BCUT2D eigenvalue weighted by Gasteiger charge is -2.03. The zero-order chi connectivity index (χ0) is 24.7. The number of nitrogen functional groups attached to an aromatic ring is 1. The molecule has 0 atom stereocenters. The molecular weight excluding hydrogens is 452 g/mol. The first-order valence-electron chi connectivity index (χ1n) is 8.16. The van der Waals surface area contributed by atoms with Crippen LogP contribution >= 0.6 is 0 Å². The minimum absolute atomic E-state index is 0.470. The molecular formula is C17H15F6N5O4. The zero-order valence-corrected chi connectivity index (χ0v) is 15.7. The maximum Gasteiger partial charge on any atom is 0.490 e. The smallest absolute Gasteiger partial charge is 0.475 e. The SMILES string of the molecule is NCc1ccc(-c2cnc3[nH]nc(N)c3c2)cc1.O=C(O)C(F)(F)F.O=C(O)C(F)(F)F. The Labute approximate surface area is 174 Å². The maximum absolute atomic E-state index is 10.6. The van der Waals surface area contributed by atoms with Crippen LogP contribution in [-0.4, -0.2) is 49.7 Å². The third-order valence-corrected chi connectivity index (χ3v) is 3.45. The fraction of sp³-hybridized carbons (Fsp3) is 0.176. The van der Waals surface area contributed by atoms with Gasteiger partial charge < -0.3 is 21.7 Å². The quantitative estimate of drug-likeness (QED) is 0.359.